The molecule has 190 valence electrons. The van der Waals surface area contributed by atoms with Crippen LogP contribution in [0.2, 0.25) is 0 Å². The Balaban J connectivity index is 1.29. The van der Waals surface area contributed by atoms with E-state index in [4.69, 9.17) is 0 Å². The zero-order valence-corrected chi connectivity index (χ0v) is 20.9. The molecule has 0 saturated carbocycles. The van der Waals surface area contributed by atoms with Crippen LogP contribution in [0.3, 0.4) is 0 Å². The molecule has 3 aromatic carbocycles. The number of nitrogens with zero attached hydrogens (tertiary/aromatic N) is 4. The second-order valence-electron chi connectivity index (χ2n) is 10.0. The fourth-order valence-corrected chi connectivity index (χ4v) is 5.47. The summed E-state index contributed by atoms with van der Waals surface area (Å²) >= 11 is 0. The van der Waals surface area contributed by atoms with Crippen molar-refractivity contribution in [2.24, 2.45) is 0 Å². The van der Waals surface area contributed by atoms with Crippen molar-refractivity contribution in [3.63, 3.8) is 0 Å². The topological polar surface area (TPSA) is 59.1 Å². The van der Waals surface area contributed by atoms with Crippen molar-refractivity contribution in [1.29, 1.82) is 0 Å². The Bertz CT molecular complexity index is 1340. The van der Waals surface area contributed by atoms with Crippen LogP contribution in [0, 0.1) is 5.82 Å². The largest absolute Gasteiger partial charge is 0.381 e. The summed E-state index contributed by atoms with van der Waals surface area (Å²) in [6.07, 6.45) is 0. The van der Waals surface area contributed by atoms with Crippen molar-refractivity contribution in [2.75, 3.05) is 54.9 Å². The molecule has 1 saturated heterocycles. The number of nitrogens with one attached hydrogen (secondary N) is 1. The van der Waals surface area contributed by atoms with Gasteiger partial charge in [-0.25, -0.2) is 4.39 Å². The van der Waals surface area contributed by atoms with E-state index in [9.17, 15) is 14.0 Å². The number of amides is 2. The summed E-state index contributed by atoms with van der Waals surface area (Å²) in [5, 5.41) is 3.30. The van der Waals surface area contributed by atoms with Gasteiger partial charge in [-0.2, -0.15) is 0 Å². The number of benzene rings is 3. The summed E-state index contributed by atoms with van der Waals surface area (Å²) in [5.74, 6) is -0.768. The Morgan fingerprint density at radius 2 is 1.73 bits per heavy atom. The van der Waals surface area contributed by atoms with Crippen LogP contribution in [0.5, 0.6) is 0 Å². The van der Waals surface area contributed by atoms with Gasteiger partial charge >= 0.3 is 0 Å². The molecule has 1 atom stereocenters. The first-order valence-corrected chi connectivity index (χ1v) is 12.7. The van der Waals surface area contributed by atoms with Crippen molar-refractivity contribution < 1.29 is 14.0 Å². The lowest BCUT2D eigenvalue weighted by Crippen LogP contribution is -2.50. The summed E-state index contributed by atoms with van der Waals surface area (Å²) in [6.45, 7) is 4.72. The lowest BCUT2D eigenvalue weighted by atomic mass is 10.1. The van der Waals surface area contributed by atoms with Crippen LogP contribution in [-0.2, 0) is 17.9 Å². The Morgan fingerprint density at radius 3 is 2.51 bits per heavy atom. The third-order valence-corrected chi connectivity index (χ3v) is 7.64. The minimum Gasteiger partial charge on any atom is -0.381 e. The molecule has 6 rings (SSSR count). The van der Waals surface area contributed by atoms with E-state index < -0.39 is 11.9 Å². The molecule has 3 heterocycles. The third kappa shape index (κ3) is 4.42. The smallest absolute Gasteiger partial charge is 0.255 e. The van der Waals surface area contributed by atoms with Crippen molar-refractivity contribution >= 4 is 28.9 Å². The van der Waals surface area contributed by atoms with E-state index in [1.807, 2.05) is 42.5 Å². The van der Waals surface area contributed by atoms with Gasteiger partial charge in [0.2, 0.25) is 0 Å². The molecule has 1 fully saturated rings. The van der Waals surface area contributed by atoms with E-state index in [0.717, 1.165) is 43.0 Å². The highest BCUT2D eigenvalue weighted by atomic mass is 19.1. The Hall–Kier alpha value is -3.91. The molecule has 0 aromatic heterocycles. The van der Waals surface area contributed by atoms with Gasteiger partial charge in [-0.05, 0) is 48.5 Å². The molecular weight excluding hydrogens is 469 g/mol. The number of rotatable bonds is 4. The lowest BCUT2D eigenvalue weighted by Gasteiger charge is -2.34. The minimum absolute atomic E-state index is 0.136. The highest BCUT2D eigenvalue weighted by Gasteiger charge is 2.40. The zero-order valence-electron chi connectivity index (χ0n) is 20.9. The van der Waals surface area contributed by atoms with Crippen LogP contribution in [0.1, 0.15) is 21.5 Å². The monoisotopic (exact) mass is 499 g/mol. The summed E-state index contributed by atoms with van der Waals surface area (Å²) in [4.78, 5) is 35.6. The number of carbonyl (C=O) groups is 2. The fraction of sp³-hybridized carbons (Fsp3) is 0.310. The number of piperazine rings is 1. The highest BCUT2D eigenvalue weighted by Crippen LogP contribution is 2.35. The Labute approximate surface area is 216 Å². The van der Waals surface area contributed by atoms with Gasteiger partial charge in [0.1, 0.15) is 11.9 Å². The second-order valence-corrected chi connectivity index (χ2v) is 10.0. The van der Waals surface area contributed by atoms with E-state index in [0.29, 0.717) is 23.5 Å². The standard InChI is InChI=1S/C29H30FN5O2/c1-32-11-13-33(14-12-32)23-9-7-21-19-35(28(36)24(21)16-23)27-17-31-25-10-8-22(30)15-26(25)34(29(27)37)18-20-5-3-2-4-6-20/h2-10,15-16,27,31H,11-14,17-19H2,1H3/t27-/m0/s1. The predicted octanol–water partition coefficient (Wildman–Crippen LogP) is 3.56. The average Bonchev–Trinajstić information content (AvgIpc) is 3.17. The normalized spacial score (nSPS) is 19.9. The number of likely N-dealkylation sites (N-methyl/N-ethyl adjacent to an activating group) is 1. The lowest BCUT2D eigenvalue weighted by molar-refractivity contribution is -0.122. The number of carbonyl (C=O) groups excluding carboxylic acids is 2. The van der Waals surface area contributed by atoms with Crippen LogP contribution in [0.25, 0.3) is 0 Å². The van der Waals surface area contributed by atoms with Crippen LogP contribution in [0.4, 0.5) is 21.5 Å². The van der Waals surface area contributed by atoms with E-state index >= 15 is 0 Å². The number of anilines is 3. The molecule has 0 spiro atoms. The van der Waals surface area contributed by atoms with Crippen molar-refractivity contribution in [3.8, 4) is 0 Å². The zero-order chi connectivity index (χ0) is 25.5. The predicted molar refractivity (Wildman–Crippen MR) is 142 cm³/mol. The van der Waals surface area contributed by atoms with E-state index in [2.05, 4.69) is 28.2 Å². The third-order valence-electron chi connectivity index (χ3n) is 7.64. The number of hydrogen-bond acceptors (Lipinski definition) is 5. The molecule has 37 heavy (non-hydrogen) atoms. The molecular formula is C29H30FN5O2. The molecule has 0 bridgehead atoms. The second kappa shape index (κ2) is 9.52. The molecule has 2 amide bonds. The molecule has 1 N–H and O–H groups in total. The minimum atomic E-state index is -0.717. The molecule has 3 aliphatic rings. The number of hydrogen-bond donors (Lipinski definition) is 1. The highest BCUT2D eigenvalue weighted by molar-refractivity contribution is 6.06. The Kier molecular flexibility index (Phi) is 6.04. The van der Waals surface area contributed by atoms with Crippen molar-refractivity contribution in [3.05, 3.63) is 89.2 Å². The van der Waals surface area contributed by atoms with E-state index in [1.54, 1.807) is 15.9 Å². The first kappa shape index (κ1) is 23.5. The average molecular weight is 500 g/mol. The maximum atomic E-state index is 14.3. The van der Waals surface area contributed by atoms with Gasteiger partial charge in [-0.1, -0.05) is 36.4 Å². The van der Waals surface area contributed by atoms with Gasteiger partial charge in [0.15, 0.2) is 0 Å². The Morgan fingerprint density at radius 1 is 0.946 bits per heavy atom. The van der Waals surface area contributed by atoms with Gasteiger partial charge in [0, 0.05) is 50.5 Å². The molecule has 3 aromatic rings. The number of halogens is 1. The molecule has 0 unspecified atom stereocenters. The first-order chi connectivity index (χ1) is 18.0. The maximum absolute atomic E-state index is 14.3. The molecule has 8 heteroatoms. The van der Waals surface area contributed by atoms with Gasteiger partial charge in [-0.3, -0.25) is 9.59 Å². The summed E-state index contributed by atoms with van der Waals surface area (Å²) in [7, 11) is 2.12. The van der Waals surface area contributed by atoms with Crippen molar-refractivity contribution in [1.82, 2.24) is 9.80 Å². The quantitative estimate of drug-likeness (QED) is 0.595. The summed E-state index contributed by atoms with van der Waals surface area (Å²) in [6, 6.07) is 19.4. The first-order valence-electron chi connectivity index (χ1n) is 12.7. The van der Waals surface area contributed by atoms with E-state index in [-0.39, 0.29) is 24.9 Å². The molecule has 0 aliphatic carbocycles. The molecule has 7 nitrogen and oxygen atoms in total. The van der Waals surface area contributed by atoms with E-state index in [1.165, 1.54) is 12.1 Å². The van der Waals surface area contributed by atoms with Gasteiger partial charge in [-0.15, -0.1) is 0 Å². The van der Waals surface area contributed by atoms with Crippen LogP contribution < -0.4 is 15.1 Å². The van der Waals surface area contributed by atoms with Gasteiger partial charge in [0.25, 0.3) is 11.8 Å². The SMILES string of the molecule is CN1CCN(c2ccc3c(c2)C(=O)N([C@H]2CNc4ccc(F)cc4N(Cc4ccccc4)C2=O)C3)CC1. The summed E-state index contributed by atoms with van der Waals surface area (Å²) in [5.41, 5.74) is 4.72. The summed E-state index contributed by atoms with van der Waals surface area (Å²) < 4.78 is 14.3. The fourth-order valence-electron chi connectivity index (χ4n) is 5.47. The molecule has 3 aliphatic heterocycles. The van der Waals surface area contributed by atoms with Crippen LogP contribution in [0.15, 0.2) is 66.7 Å². The van der Waals surface area contributed by atoms with Crippen LogP contribution in [-0.4, -0.2) is 67.4 Å². The van der Waals surface area contributed by atoms with Crippen molar-refractivity contribution in [2.45, 2.75) is 19.1 Å². The van der Waals surface area contributed by atoms with Crippen LogP contribution >= 0.6 is 0 Å². The maximum Gasteiger partial charge on any atom is 0.255 e. The van der Waals surface area contributed by atoms with Gasteiger partial charge in [0.05, 0.1) is 17.9 Å². The number of fused-ring (bicyclic) bond motifs is 2. The van der Waals surface area contributed by atoms with Gasteiger partial charge < -0.3 is 24.9 Å². The molecule has 0 radical (unpaired) electrons.